The monoisotopic (exact) mass is 430 g/mol. The van der Waals surface area contributed by atoms with Gasteiger partial charge in [0.05, 0.1) is 22.3 Å². The molecule has 1 amide bonds. The van der Waals surface area contributed by atoms with Crippen LogP contribution < -0.4 is 0 Å². The first-order valence-electron chi connectivity index (χ1n) is 10.9. The molecule has 0 radical (unpaired) electrons. The maximum Gasteiger partial charge on any atom is 0.259 e. The van der Waals surface area contributed by atoms with Gasteiger partial charge in [0.1, 0.15) is 11.5 Å². The number of aromatic nitrogens is 2. The quantitative estimate of drug-likeness (QED) is 0.479. The van der Waals surface area contributed by atoms with E-state index in [0.29, 0.717) is 41.1 Å². The fraction of sp³-hybridized carbons (Fsp3) is 0.320. The van der Waals surface area contributed by atoms with Crippen LogP contribution in [0.15, 0.2) is 51.4 Å². The number of nitrogens with zero attached hydrogens (tertiary/aromatic N) is 4. The summed E-state index contributed by atoms with van der Waals surface area (Å²) in [7, 11) is 0. The van der Waals surface area contributed by atoms with Crippen LogP contribution in [0.2, 0.25) is 0 Å². The Morgan fingerprint density at radius 1 is 1.03 bits per heavy atom. The summed E-state index contributed by atoms with van der Waals surface area (Å²) < 4.78 is 11.1. The van der Waals surface area contributed by atoms with Gasteiger partial charge in [0.25, 0.3) is 11.6 Å². The molecule has 1 aliphatic rings. The molecule has 0 bridgehead atoms. The first-order valence-corrected chi connectivity index (χ1v) is 10.9. The number of amides is 1. The van der Waals surface area contributed by atoms with E-state index in [1.165, 1.54) is 5.56 Å². The minimum absolute atomic E-state index is 0.0119. The Morgan fingerprint density at radius 2 is 1.78 bits per heavy atom. The largest absolute Gasteiger partial charge is 0.466 e. The molecule has 32 heavy (non-hydrogen) atoms. The summed E-state index contributed by atoms with van der Waals surface area (Å²) in [5, 5.41) is 4.75. The lowest BCUT2D eigenvalue weighted by Crippen LogP contribution is -2.48. The van der Waals surface area contributed by atoms with Crippen LogP contribution in [0.1, 0.15) is 33.1 Å². The van der Waals surface area contributed by atoms with Crippen molar-refractivity contribution in [2.45, 2.75) is 27.3 Å². The van der Waals surface area contributed by atoms with Gasteiger partial charge >= 0.3 is 0 Å². The number of furan rings is 1. The second-order valence-electron chi connectivity index (χ2n) is 8.38. The molecule has 0 N–H and O–H groups in total. The Labute approximate surface area is 186 Å². The van der Waals surface area contributed by atoms with E-state index in [1.807, 2.05) is 43.9 Å². The van der Waals surface area contributed by atoms with Gasteiger partial charge in [0, 0.05) is 38.3 Å². The third-order valence-electron chi connectivity index (χ3n) is 6.07. The second kappa shape index (κ2) is 8.24. The molecule has 1 aromatic carbocycles. The second-order valence-corrected chi connectivity index (χ2v) is 8.38. The number of aryl methyl sites for hydroxylation is 3. The van der Waals surface area contributed by atoms with Crippen molar-refractivity contribution in [3.63, 3.8) is 0 Å². The van der Waals surface area contributed by atoms with Gasteiger partial charge in [-0.2, -0.15) is 0 Å². The Morgan fingerprint density at radius 3 is 2.47 bits per heavy atom. The lowest BCUT2D eigenvalue weighted by atomic mass is 10.0. The van der Waals surface area contributed by atoms with Crippen molar-refractivity contribution in [2.24, 2.45) is 0 Å². The summed E-state index contributed by atoms with van der Waals surface area (Å²) >= 11 is 0. The van der Waals surface area contributed by atoms with Crippen LogP contribution in [-0.2, 0) is 6.54 Å². The molecule has 0 atom stereocenters. The molecule has 1 saturated heterocycles. The van der Waals surface area contributed by atoms with Crippen molar-refractivity contribution in [1.82, 2.24) is 19.9 Å². The molecule has 4 aromatic rings. The Hall–Kier alpha value is -3.45. The van der Waals surface area contributed by atoms with Crippen molar-refractivity contribution in [1.29, 1.82) is 0 Å². The predicted molar refractivity (Wildman–Crippen MR) is 121 cm³/mol. The highest BCUT2D eigenvalue weighted by molar-refractivity contribution is 6.07. The molecule has 3 aromatic heterocycles. The van der Waals surface area contributed by atoms with E-state index in [2.05, 4.69) is 39.3 Å². The Bertz CT molecular complexity index is 1270. The van der Waals surface area contributed by atoms with Crippen LogP contribution in [-0.4, -0.2) is 52.0 Å². The summed E-state index contributed by atoms with van der Waals surface area (Å²) in [6.45, 7) is 9.57. The fourth-order valence-corrected chi connectivity index (χ4v) is 4.41. The van der Waals surface area contributed by atoms with Crippen LogP contribution in [0, 0.1) is 20.8 Å². The van der Waals surface area contributed by atoms with Gasteiger partial charge in [0.15, 0.2) is 0 Å². The van der Waals surface area contributed by atoms with Crippen LogP contribution in [0.25, 0.3) is 22.4 Å². The van der Waals surface area contributed by atoms with Gasteiger partial charge in [-0.3, -0.25) is 9.69 Å². The lowest BCUT2D eigenvalue weighted by molar-refractivity contribution is 0.0630. The molecular formula is C25H26N4O3. The molecule has 7 nitrogen and oxygen atoms in total. The molecule has 0 unspecified atom stereocenters. The molecule has 7 heteroatoms. The van der Waals surface area contributed by atoms with Crippen molar-refractivity contribution in [3.05, 3.63) is 70.8 Å². The van der Waals surface area contributed by atoms with E-state index in [-0.39, 0.29) is 5.91 Å². The van der Waals surface area contributed by atoms with Gasteiger partial charge in [-0.25, -0.2) is 4.98 Å². The standard InChI is InChI=1S/C25H26N4O3/c1-16-13-20(18(3)31-16)22-14-21(23-17(2)27-32-24(23)26-22)25(30)29-11-9-28(10-12-29)15-19-7-5-4-6-8-19/h4-8,13-14H,9-12,15H2,1-3H3. The van der Waals surface area contributed by atoms with Crippen molar-refractivity contribution < 1.29 is 13.7 Å². The van der Waals surface area contributed by atoms with E-state index in [9.17, 15) is 4.79 Å². The number of piperazine rings is 1. The van der Waals surface area contributed by atoms with E-state index in [4.69, 9.17) is 8.94 Å². The van der Waals surface area contributed by atoms with E-state index in [0.717, 1.165) is 36.7 Å². The maximum atomic E-state index is 13.6. The number of carbonyl (C=O) groups excluding carboxylic acids is 1. The summed E-state index contributed by atoms with van der Waals surface area (Å²) in [4.78, 5) is 22.5. The highest BCUT2D eigenvalue weighted by Gasteiger charge is 2.27. The van der Waals surface area contributed by atoms with Gasteiger partial charge in [0.2, 0.25) is 0 Å². The van der Waals surface area contributed by atoms with Gasteiger partial charge in [-0.1, -0.05) is 35.5 Å². The van der Waals surface area contributed by atoms with Gasteiger partial charge in [-0.15, -0.1) is 0 Å². The lowest BCUT2D eigenvalue weighted by Gasteiger charge is -2.35. The molecule has 4 heterocycles. The topological polar surface area (TPSA) is 75.6 Å². The zero-order chi connectivity index (χ0) is 22.2. The number of fused-ring (bicyclic) bond motifs is 1. The average Bonchev–Trinajstić information content (AvgIpc) is 3.35. The number of hydrogen-bond acceptors (Lipinski definition) is 6. The number of pyridine rings is 1. The number of benzene rings is 1. The molecule has 0 spiro atoms. The molecule has 5 rings (SSSR count). The number of hydrogen-bond donors (Lipinski definition) is 0. The third kappa shape index (κ3) is 3.80. The summed E-state index contributed by atoms with van der Waals surface area (Å²) in [6, 6.07) is 14.2. The van der Waals surface area contributed by atoms with E-state index < -0.39 is 0 Å². The first-order chi connectivity index (χ1) is 15.5. The van der Waals surface area contributed by atoms with Gasteiger partial charge in [-0.05, 0) is 38.5 Å². The average molecular weight is 431 g/mol. The minimum atomic E-state index is -0.0119. The zero-order valence-corrected chi connectivity index (χ0v) is 18.6. The highest BCUT2D eigenvalue weighted by Crippen LogP contribution is 2.31. The van der Waals surface area contributed by atoms with Crippen LogP contribution in [0.5, 0.6) is 0 Å². The zero-order valence-electron chi connectivity index (χ0n) is 18.6. The maximum absolute atomic E-state index is 13.6. The first kappa shape index (κ1) is 20.5. The molecule has 164 valence electrons. The molecule has 0 saturated carbocycles. The van der Waals surface area contributed by atoms with Gasteiger partial charge < -0.3 is 13.8 Å². The summed E-state index contributed by atoms with van der Waals surface area (Å²) in [6.07, 6.45) is 0. The molecule has 1 aliphatic heterocycles. The van der Waals surface area contributed by atoms with E-state index in [1.54, 1.807) is 0 Å². The molecular weight excluding hydrogens is 404 g/mol. The van der Waals surface area contributed by atoms with Crippen molar-refractivity contribution >= 4 is 17.0 Å². The van der Waals surface area contributed by atoms with Crippen LogP contribution in [0.4, 0.5) is 0 Å². The summed E-state index contributed by atoms with van der Waals surface area (Å²) in [5.41, 5.74) is 4.45. The fourth-order valence-electron chi connectivity index (χ4n) is 4.41. The predicted octanol–water partition coefficient (Wildman–Crippen LogP) is 4.37. The number of carbonyl (C=O) groups is 1. The van der Waals surface area contributed by atoms with Crippen LogP contribution >= 0.6 is 0 Å². The SMILES string of the molecule is Cc1cc(-c2cc(C(=O)N3CCN(Cc4ccccc4)CC3)c3c(C)noc3n2)c(C)o1. The molecule has 0 aliphatic carbocycles. The minimum Gasteiger partial charge on any atom is -0.466 e. The highest BCUT2D eigenvalue weighted by atomic mass is 16.5. The Kier molecular flexibility index (Phi) is 5.27. The normalized spacial score (nSPS) is 14.9. The smallest absolute Gasteiger partial charge is 0.259 e. The van der Waals surface area contributed by atoms with Crippen molar-refractivity contribution in [2.75, 3.05) is 26.2 Å². The Balaban J connectivity index is 1.41. The third-order valence-corrected chi connectivity index (χ3v) is 6.07. The van der Waals surface area contributed by atoms with Crippen molar-refractivity contribution in [3.8, 4) is 11.3 Å². The van der Waals surface area contributed by atoms with E-state index >= 15 is 0 Å². The van der Waals surface area contributed by atoms with Crippen LogP contribution in [0.3, 0.4) is 0 Å². The summed E-state index contributed by atoms with van der Waals surface area (Å²) in [5.74, 6) is 1.55. The molecule has 1 fully saturated rings. The number of rotatable bonds is 4.